The number of hydrogen-bond acceptors (Lipinski definition) is 38. The molecule has 0 aromatic heterocycles. The van der Waals surface area contributed by atoms with Crippen molar-refractivity contribution in [1.29, 1.82) is 0 Å². The van der Waals surface area contributed by atoms with Gasteiger partial charge in [-0.3, -0.25) is 67.1 Å². The van der Waals surface area contributed by atoms with Crippen molar-refractivity contribution in [3.63, 3.8) is 0 Å². The third-order valence-corrected chi connectivity index (χ3v) is 14.6. The third-order valence-electron chi connectivity index (χ3n) is 14.6. The lowest BCUT2D eigenvalue weighted by molar-refractivity contribution is -0.390. The molecule has 0 aromatic rings. The van der Waals surface area contributed by atoms with Gasteiger partial charge in [0.2, 0.25) is 5.91 Å². The molecule has 0 spiro atoms. The zero-order chi connectivity index (χ0) is 74.7. The summed E-state index contributed by atoms with van der Waals surface area (Å²) in [4.78, 5) is 183. The number of aliphatic hydroxyl groups excluding tert-OH is 1. The number of ether oxygens (including phenoxy) is 23. The number of rotatable bonds is 29. The van der Waals surface area contributed by atoms with Gasteiger partial charge in [-0.25, -0.2) is 0 Å². The van der Waals surface area contributed by atoms with Gasteiger partial charge >= 0.3 is 77.6 Å². The molecule has 1 amide bonds. The average Bonchev–Trinajstić information content (AvgIpc) is 0.758. The van der Waals surface area contributed by atoms with Gasteiger partial charge in [-0.2, -0.15) is 0 Å². The molecule has 2 N–H and O–H groups in total. The molecular weight excluding hydrogens is 1350 g/mol. The van der Waals surface area contributed by atoms with E-state index >= 15 is 0 Å². The third kappa shape index (κ3) is 24.0. The Labute approximate surface area is 571 Å². The molecule has 5 aliphatic heterocycles. The van der Waals surface area contributed by atoms with Crippen LogP contribution < -0.4 is 5.32 Å². The first-order valence-electron chi connectivity index (χ1n) is 31.0. The van der Waals surface area contributed by atoms with E-state index in [2.05, 4.69) is 11.9 Å². The van der Waals surface area contributed by atoms with Crippen molar-refractivity contribution in [2.45, 2.75) is 257 Å². The van der Waals surface area contributed by atoms with Crippen molar-refractivity contribution in [2.24, 2.45) is 0 Å². The van der Waals surface area contributed by atoms with Gasteiger partial charge in [-0.05, 0) is 6.92 Å². The van der Waals surface area contributed by atoms with Crippen molar-refractivity contribution >= 4 is 83.5 Å². The van der Waals surface area contributed by atoms with Crippen LogP contribution in [-0.4, -0.2) is 275 Å². The Kier molecular flexibility index (Phi) is 31.4. The fourth-order valence-electron chi connectivity index (χ4n) is 11.2. The van der Waals surface area contributed by atoms with Gasteiger partial charge in [0.1, 0.15) is 81.3 Å². The molecule has 5 rings (SSSR count). The molecule has 0 radical (unpaired) electrons. The molecule has 5 aliphatic rings. The molecule has 0 saturated carbocycles. The maximum absolute atomic E-state index is 13.9. The van der Waals surface area contributed by atoms with Crippen LogP contribution >= 0.6 is 0 Å². The topological polar surface area (TPSA) is 484 Å². The monoisotopic (exact) mass is 1440 g/mol. The quantitative estimate of drug-likeness (QED) is 0.0459. The van der Waals surface area contributed by atoms with Crippen molar-refractivity contribution in [2.75, 3.05) is 33.0 Å². The summed E-state index contributed by atoms with van der Waals surface area (Å²) in [6.07, 6.45) is -45.6. The number of amides is 1. The minimum Gasteiger partial charge on any atom is -0.463 e. The van der Waals surface area contributed by atoms with Crippen molar-refractivity contribution < 1.29 is 181 Å². The van der Waals surface area contributed by atoms with Gasteiger partial charge in [0, 0.05) is 96.9 Å². The number of carbonyl (C=O) groups excluding carboxylic acids is 14. The standard InChI is InChI=1S/C61H85NO38/c1-17-18-78-58-43(77)50(88-33(12)72)46(39(94-58)20-80-26(5)65)97-60-55(92-37(16)76)53(48(87-32(11)71)41(95-60)22-82-28(7)67)99-57-42(62-24(3)63)49(45(85-30(9)69)38(93-57)19-79-25(4)64)98-61-56(52(90-35(14)74)47(86-31(10)70)40(96-61)21-81-27(6)66)100-59-54(91-36(15)75)51(89-34(13)73)44(23(2)83-59)84-29(8)68/h17,23,38-61,77H,1,18-22H2,2-16H3,(H,62,63)/t23-,38+,39+,40+,41+,42+,43+,44+,45-,46-,47-,48-,49+,50+,51+,52-,53-,54-,55+,56+,57-,58+,59-,60+,61-/m0/s1. The van der Waals surface area contributed by atoms with E-state index in [0.717, 1.165) is 96.9 Å². The molecule has 0 unspecified atom stereocenters. The summed E-state index contributed by atoms with van der Waals surface area (Å²) in [7, 11) is 0. The van der Waals surface area contributed by atoms with Gasteiger partial charge in [-0.15, -0.1) is 6.58 Å². The molecule has 0 aromatic carbocycles. The van der Waals surface area contributed by atoms with E-state index in [1.54, 1.807) is 0 Å². The lowest BCUT2D eigenvalue weighted by Gasteiger charge is -2.52. The van der Waals surface area contributed by atoms with Crippen molar-refractivity contribution in [3.05, 3.63) is 12.7 Å². The number of carbonyl (C=O) groups is 14. The average molecular weight is 1440 g/mol. The van der Waals surface area contributed by atoms with Crippen LogP contribution in [0.1, 0.15) is 104 Å². The van der Waals surface area contributed by atoms with Crippen LogP contribution in [0.5, 0.6) is 0 Å². The number of nitrogens with one attached hydrogen (secondary N) is 1. The molecule has 25 atom stereocenters. The van der Waals surface area contributed by atoms with E-state index in [-0.39, 0.29) is 6.61 Å². The second-order valence-electron chi connectivity index (χ2n) is 23.0. The van der Waals surface area contributed by atoms with Gasteiger partial charge in [0.15, 0.2) is 92.5 Å². The van der Waals surface area contributed by atoms with Crippen LogP contribution in [0.25, 0.3) is 0 Å². The van der Waals surface area contributed by atoms with E-state index in [1.165, 1.54) is 13.0 Å². The SMILES string of the molecule is C=CCO[C@@H]1O[C@H](COC(C)=O)[C@H](O[C@H]2O[C@H](COC(C)=O)[C@H](OC(C)=O)[C@H](O[C@@H]3O[C@H](COC(C)=O)[C@H](OC(C)=O)[C@H](O[C@@H]4O[C@H](COC(C)=O)[C@H](OC(C)=O)[C@H](OC(C)=O)[C@H]4O[C@@H]4O[C@@H](C)[C@@H](OC(C)=O)[C@@H](OC(C)=O)[C@@H]4OC(C)=O)[C@H]3NC(C)=O)[C@H]2OC(C)=O)[C@H](OC(C)=O)[C@H]1O. The zero-order valence-electron chi connectivity index (χ0n) is 57.3. The Morgan fingerprint density at radius 2 is 0.620 bits per heavy atom. The van der Waals surface area contributed by atoms with E-state index in [0.29, 0.717) is 0 Å². The maximum atomic E-state index is 13.9. The summed E-state index contributed by atoms with van der Waals surface area (Å²) < 4.78 is 137. The lowest BCUT2D eigenvalue weighted by atomic mass is 9.93. The van der Waals surface area contributed by atoms with E-state index in [4.69, 9.17) is 109 Å². The normalized spacial score (nSPS) is 33.9. The Bertz CT molecular complexity index is 2940. The Balaban J connectivity index is 1.85. The summed E-state index contributed by atoms with van der Waals surface area (Å²) >= 11 is 0. The van der Waals surface area contributed by atoms with Gasteiger partial charge in [0.05, 0.1) is 12.7 Å². The Morgan fingerprint density at radius 3 is 1.03 bits per heavy atom. The van der Waals surface area contributed by atoms with Crippen LogP contribution in [0.3, 0.4) is 0 Å². The number of esters is 13. The van der Waals surface area contributed by atoms with Gasteiger partial charge in [0.25, 0.3) is 0 Å². The highest BCUT2D eigenvalue weighted by Crippen LogP contribution is 2.41. The lowest BCUT2D eigenvalue weighted by Crippen LogP contribution is -2.71. The van der Waals surface area contributed by atoms with Crippen LogP contribution in [0, 0.1) is 0 Å². The minimum absolute atomic E-state index is 0.260. The fourth-order valence-corrected chi connectivity index (χ4v) is 11.2. The molecule has 562 valence electrons. The molecule has 0 aliphatic carbocycles. The summed E-state index contributed by atoms with van der Waals surface area (Å²) in [5.41, 5.74) is 0. The first kappa shape index (κ1) is 82.5. The Hall–Kier alpha value is -8.12. The molecule has 100 heavy (non-hydrogen) atoms. The molecular formula is C61H85NO38. The summed E-state index contributed by atoms with van der Waals surface area (Å²) in [5.74, 6) is -14.5. The minimum atomic E-state index is -2.34. The number of aliphatic hydroxyl groups is 1. The van der Waals surface area contributed by atoms with Gasteiger partial charge < -0.3 is 119 Å². The van der Waals surface area contributed by atoms with Crippen LogP contribution in [0.4, 0.5) is 0 Å². The molecule has 5 heterocycles. The predicted octanol–water partition coefficient (Wildman–Crippen LogP) is -2.12. The molecule has 39 nitrogen and oxygen atoms in total. The second-order valence-corrected chi connectivity index (χ2v) is 23.0. The van der Waals surface area contributed by atoms with Crippen LogP contribution in [0.15, 0.2) is 12.7 Å². The highest BCUT2D eigenvalue weighted by molar-refractivity contribution is 5.74. The predicted molar refractivity (Wildman–Crippen MR) is 315 cm³/mol. The summed E-state index contributed by atoms with van der Waals surface area (Å²) in [5, 5.41) is 14.3. The summed E-state index contributed by atoms with van der Waals surface area (Å²) in [6, 6.07) is -2.08. The van der Waals surface area contributed by atoms with E-state index in [9.17, 15) is 72.2 Å². The summed E-state index contributed by atoms with van der Waals surface area (Å²) in [6.45, 7) is 14.5. The van der Waals surface area contributed by atoms with Crippen molar-refractivity contribution in [3.8, 4) is 0 Å². The number of hydrogen-bond donors (Lipinski definition) is 2. The highest BCUT2D eigenvalue weighted by atomic mass is 16.8. The molecule has 39 heteroatoms. The maximum Gasteiger partial charge on any atom is 0.303 e. The van der Waals surface area contributed by atoms with Crippen LogP contribution in [0.2, 0.25) is 0 Å². The second kappa shape index (κ2) is 38.1. The van der Waals surface area contributed by atoms with Crippen LogP contribution in [-0.2, 0) is 176 Å². The first-order chi connectivity index (χ1) is 46.9. The molecule has 5 saturated heterocycles. The first-order valence-corrected chi connectivity index (χ1v) is 31.0. The van der Waals surface area contributed by atoms with E-state index in [1.807, 2.05) is 0 Å². The smallest absolute Gasteiger partial charge is 0.303 e. The van der Waals surface area contributed by atoms with E-state index < -0.39 is 263 Å². The Morgan fingerprint density at radius 1 is 0.330 bits per heavy atom. The molecule has 5 fully saturated rings. The molecule has 0 bridgehead atoms. The highest BCUT2D eigenvalue weighted by Gasteiger charge is 2.62. The van der Waals surface area contributed by atoms with Gasteiger partial charge in [-0.1, -0.05) is 6.08 Å². The largest absolute Gasteiger partial charge is 0.463 e. The fraction of sp³-hybridized carbons (Fsp3) is 0.738. The van der Waals surface area contributed by atoms with Crippen molar-refractivity contribution in [1.82, 2.24) is 5.32 Å². The zero-order valence-corrected chi connectivity index (χ0v) is 57.3.